The van der Waals surface area contributed by atoms with Crippen molar-refractivity contribution in [3.63, 3.8) is 0 Å². The van der Waals surface area contributed by atoms with Crippen LogP contribution in [0.5, 0.6) is 0 Å². The average Bonchev–Trinajstić information content (AvgIpc) is 3.08. The lowest BCUT2D eigenvalue weighted by Gasteiger charge is -2.21. The minimum Gasteiger partial charge on any atom is -0.469 e. The fourth-order valence-corrected chi connectivity index (χ4v) is 2.48. The largest absolute Gasteiger partial charge is 0.469 e. The Morgan fingerprint density at radius 1 is 1.17 bits per heavy atom. The first-order valence-electron chi connectivity index (χ1n) is 8.25. The van der Waals surface area contributed by atoms with Gasteiger partial charge < -0.3 is 14.6 Å². The Labute approximate surface area is 142 Å². The van der Waals surface area contributed by atoms with Gasteiger partial charge in [-0.15, -0.1) is 0 Å². The van der Waals surface area contributed by atoms with Gasteiger partial charge >= 0.3 is 0 Å². The van der Waals surface area contributed by atoms with E-state index in [1.54, 1.807) is 17.2 Å². The van der Waals surface area contributed by atoms with E-state index in [2.05, 4.69) is 5.32 Å². The van der Waals surface area contributed by atoms with E-state index >= 15 is 0 Å². The van der Waals surface area contributed by atoms with Gasteiger partial charge in [0.1, 0.15) is 5.76 Å². The molecule has 0 saturated carbocycles. The lowest BCUT2D eigenvalue weighted by Crippen LogP contribution is -2.38. The number of para-hydroxylation sites is 1. The molecule has 5 heteroatoms. The van der Waals surface area contributed by atoms with Crippen molar-refractivity contribution in [1.29, 1.82) is 0 Å². The monoisotopic (exact) mass is 328 g/mol. The quantitative estimate of drug-likeness (QED) is 0.808. The van der Waals surface area contributed by atoms with Crippen molar-refractivity contribution in [1.82, 2.24) is 4.90 Å². The number of nitrogens with one attached hydrogen (secondary N) is 1. The predicted molar refractivity (Wildman–Crippen MR) is 93.7 cm³/mol. The first-order chi connectivity index (χ1) is 11.6. The van der Waals surface area contributed by atoms with Crippen molar-refractivity contribution in [2.45, 2.75) is 33.1 Å². The molecule has 1 N–H and O–H groups in total. The maximum Gasteiger partial charge on any atom is 0.244 e. The van der Waals surface area contributed by atoms with Crippen LogP contribution in [-0.2, 0) is 16.0 Å². The highest BCUT2D eigenvalue weighted by Gasteiger charge is 2.17. The van der Waals surface area contributed by atoms with Crippen LogP contribution < -0.4 is 5.32 Å². The zero-order chi connectivity index (χ0) is 17.4. The second kappa shape index (κ2) is 8.91. The minimum absolute atomic E-state index is 0.0341. The van der Waals surface area contributed by atoms with Crippen LogP contribution in [-0.4, -0.2) is 29.8 Å². The van der Waals surface area contributed by atoms with Gasteiger partial charge in [0.25, 0.3) is 0 Å². The molecule has 0 bridgehead atoms. The molecule has 2 rings (SSSR count). The van der Waals surface area contributed by atoms with Gasteiger partial charge in [-0.1, -0.05) is 25.1 Å². The number of benzene rings is 1. The van der Waals surface area contributed by atoms with Gasteiger partial charge in [-0.05, 0) is 37.1 Å². The summed E-state index contributed by atoms with van der Waals surface area (Å²) >= 11 is 0. The van der Waals surface area contributed by atoms with Crippen LogP contribution in [0.3, 0.4) is 0 Å². The van der Waals surface area contributed by atoms with Crippen LogP contribution in [0.15, 0.2) is 47.1 Å². The Hall–Kier alpha value is -2.56. The van der Waals surface area contributed by atoms with E-state index in [-0.39, 0.29) is 18.4 Å². The second-order valence-electron chi connectivity index (χ2n) is 5.76. The summed E-state index contributed by atoms with van der Waals surface area (Å²) in [4.78, 5) is 26.3. The van der Waals surface area contributed by atoms with E-state index in [9.17, 15) is 9.59 Å². The maximum atomic E-state index is 12.4. The number of hydrogen-bond acceptors (Lipinski definition) is 3. The number of furan rings is 1. The molecule has 0 saturated heterocycles. The molecule has 0 aliphatic carbocycles. The Balaban J connectivity index is 1.90. The summed E-state index contributed by atoms with van der Waals surface area (Å²) in [7, 11) is 0. The van der Waals surface area contributed by atoms with Crippen LogP contribution in [0.25, 0.3) is 0 Å². The fourth-order valence-electron chi connectivity index (χ4n) is 2.48. The number of aryl methyl sites for hydroxylation is 2. The normalized spacial score (nSPS) is 10.4. The van der Waals surface area contributed by atoms with E-state index in [4.69, 9.17) is 4.42 Å². The lowest BCUT2D eigenvalue weighted by atomic mass is 10.2. The summed E-state index contributed by atoms with van der Waals surface area (Å²) in [6, 6.07) is 11.2. The molecular weight excluding hydrogens is 304 g/mol. The Morgan fingerprint density at radius 3 is 2.62 bits per heavy atom. The lowest BCUT2D eigenvalue weighted by molar-refractivity contribution is -0.134. The highest BCUT2D eigenvalue weighted by atomic mass is 16.3. The van der Waals surface area contributed by atoms with Crippen LogP contribution >= 0.6 is 0 Å². The van der Waals surface area contributed by atoms with E-state index in [1.807, 2.05) is 44.2 Å². The molecule has 0 spiro atoms. The molecule has 2 amide bonds. The summed E-state index contributed by atoms with van der Waals surface area (Å²) in [5.74, 6) is 0.571. The number of anilines is 1. The number of rotatable bonds is 8. The van der Waals surface area contributed by atoms with Gasteiger partial charge in [0.05, 0.1) is 12.8 Å². The Kier molecular flexibility index (Phi) is 6.61. The zero-order valence-electron chi connectivity index (χ0n) is 14.2. The van der Waals surface area contributed by atoms with Crippen LogP contribution in [0.1, 0.15) is 31.1 Å². The van der Waals surface area contributed by atoms with Crippen molar-refractivity contribution in [2.24, 2.45) is 0 Å². The van der Waals surface area contributed by atoms with Crippen molar-refractivity contribution in [3.05, 3.63) is 54.0 Å². The number of nitrogens with zero attached hydrogens (tertiary/aromatic N) is 1. The third-order valence-electron chi connectivity index (χ3n) is 3.77. The highest BCUT2D eigenvalue weighted by Crippen LogP contribution is 2.13. The number of carbonyl (C=O) groups is 2. The molecule has 0 aliphatic heterocycles. The molecule has 24 heavy (non-hydrogen) atoms. The smallest absolute Gasteiger partial charge is 0.244 e. The summed E-state index contributed by atoms with van der Waals surface area (Å²) < 4.78 is 5.25. The van der Waals surface area contributed by atoms with Crippen molar-refractivity contribution < 1.29 is 14.0 Å². The first kappa shape index (κ1) is 17.8. The molecule has 2 aromatic rings. The van der Waals surface area contributed by atoms with E-state index in [0.717, 1.165) is 23.4 Å². The highest BCUT2D eigenvalue weighted by molar-refractivity contribution is 5.95. The molecule has 128 valence electrons. The van der Waals surface area contributed by atoms with Gasteiger partial charge in [-0.2, -0.15) is 0 Å². The van der Waals surface area contributed by atoms with Gasteiger partial charge in [-0.25, -0.2) is 0 Å². The van der Waals surface area contributed by atoms with E-state index in [0.29, 0.717) is 19.4 Å². The van der Waals surface area contributed by atoms with Gasteiger partial charge in [0, 0.05) is 25.1 Å². The number of hydrogen-bond donors (Lipinski definition) is 1. The number of carbonyl (C=O) groups excluding carboxylic acids is 2. The van der Waals surface area contributed by atoms with Crippen LogP contribution in [0.4, 0.5) is 5.69 Å². The van der Waals surface area contributed by atoms with Crippen molar-refractivity contribution in [3.8, 4) is 0 Å². The topological polar surface area (TPSA) is 62.6 Å². The van der Waals surface area contributed by atoms with Crippen LogP contribution in [0.2, 0.25) is 0 Å². The van der Waals surface area contributed by atoms with E-state index < -0.39 is 0 Å². The molecule has 0 aliphatic rings. The SMILES string of the molecule is CCCN(CC(=O)Nc1ccccc1C)C(=O)CCc1ccco1. The molecule has 1 aromatic carbocycles. The third kappa shape index (κ3) is 5.26. The Morgan fingerprint density at radius 2 is 1.96 bits per heavy atom. The van der Waals surface area contributed by atoms with Gasteiger partial charge in [0.2, 0.25) is 11.8 Å². The van der Waals surface area contributed by atoms with Crippen molar-refractivity contribution in [2.75, 3.05) is 18.4 Å². The molecular formula is C19H24N2O3. The van der Waals surface area contributed by atoms with Gasteiger partial charge in [0.15, 0.2) is 0 Å². The van der Waals surface area contributed by atoms with E-state index in [1.165, 1.54) is 0 Å². The average molecular weight is 328 g/mol. The number of amides is 2. The van der Waals surface area contributed by atoms with Crippen LogP contribution in [0, 0.1) is 6.92 Å². The molecule has 0 unspecified atom stereocenters. The summed E-state index contributed by atoms with van der Waals surface area (Å²) in [5, 5.41) is 2.87. The predicted octanol–water partition coefficient (Wildman–Crippen LogP) is 3.40. The third-order valence-corrected chi connectivity index (χ3v) is 3.77. The Bertz CT molecular complexity index is 665. The van der Waals surface area contributed by atoms with Crippen molar-refractivity contribution >= 4 is 17.5 Å². The molecule has 1 heterocycles. The second-order valence-corrected chi connectivity index (χ2v) is 5.76. The summed E-state index contributed by atoms with van der Waals surface area (Å²) in [5.41, 5.74) is 1.78. The molecule has 0 fully saturated rings. The minimum atomic E-state index is -0.177. The zero-order valence-corrected chi connectivity index (χ0v) is 14.2. The molecule has 0 radical (unpaired) electrons. The first-order valence-corrected chi connectivity index (χ1v) is 8.25. The van der Waals surface area contributed by atoms with Gasteiger partial charge in [-0.3, -0.25) is 9.59 Å². The fraction of sp³-hybridized carbons (Fsp3) is 0.368. The maximum absolute atomic E-state index is 12.4. The summed E-state index contributed by atoms with van der Waals surface area (Å²) in [6.07, 6.45) is 3.29. The standard InChI is InChI=1S/C19H24N2O3/c1-3-12-21(19(23)11-10-16-8-6-13-24-16)14-18(22)20-17-9-5-4-7-15(17)2/h4-9,13H,3,10-12,14H2,1-2H3,(H,20,22). The molecule has 0 atom stereocenters. The summed E-state index contributed by atoms with van der Waals surface area (Å²) in [6.45, 7) is 4.57. The molecule has 5 nitrogen and oxygen atoms in total. The molecule has 1 aromatic heterocycles.